The molecule has 2 aromatic rings. The molecule has 15 heavy (non-hydrogen) atoms. The molecule has 0 fully saturated rings. The molecule has 0 aliphatic rings. The summed E-state index contributed by atoms with van der Waals surface area (Å²) in [5.74, 6) is 0. The topological polar surface area (TPSA) is 64.9 Å². The van der Waals surface area contributed by atoms with E-state index in [9.17, 15) is 0 Å². The van der Waals surface area contributed by atoms with Crippen molar-refractivity contribution >= 4 is 11.4 Å². The number of aryl methyl sites for hydroxylation is 1. The number of nitrogens with two attached hydrogens (primary N) is 2. The van der Waals surface area contributed by atoms with Gasteiger partial charge in [-0.2, -0.15) is 0 Å². The van der Waals surface area contributed by atoms with Crippen molar-refractivity contribution in [3.05, 3.63) is 42.2 Å². The second-order valence-electron chi connectivity index (χ2n) is 3.54. The Bertz CT molecular complexity index is 478. The minimum Gasteiger partial charge on any atom is -0.398 e. The summed E-state index contributed by atoms with van der Waals surface area (Å²) in [5.41, 5.74) is 16.2. The predicted molar refractivity (Wildman–Crippen MR) is 63.2 cm³/mol. The first kappa shape index (κ1) is 9.52. The zero-order chi connectivity index (χ0) is 10.8. The number of benzene rings is 1. The Labute approximate surface area is 88.8 Å². The van der Waals surface area contributed by atoms with E-state index in [-0.39, 0.29) is 0 Å². The summed E-state index contributed by atoms with van der Waals surface area (Å²) >= 11 is 0. The van der Waals surface area contributed by atoms with E-state index in [4.69, 9.17) is 11.5 Å². The van der Waals surface area contributed by atoms with Crippen LogP contribution in [0.4, 0.5) is 11.4 Å². The summed E-state index contributed by atoms with van der Waals surface area (Å²) < 4.78 is 0. The van der Waals surface area contributed by atoms with E-state index in [1.165, 1.54) is 0 Å². The largest absolute Gasteiger partial charge is 0.398 e. The summed E-state index contributed by atoms with van der Waals surface area (Å²) in [5, 5.41) is 0. The fraction of sp³-hybridized carbons (Fsp3) is 0.0833. The molecule has 2 rings (SSSR count). The zero-order valence-corrected chi connectivity index (χ0v) is 8.57. The average Bonchev–Trinajstić information content (AvgIpc) is 2.25. The molecule has 3 heteroatoms. The minimum absolute atomic E-state index is 0.731. The predicted octanol–water partition coefficient (Wildman–Crippen LogP) is 2.22. The highest BCUT2D eigenvalue weighted by Crippen LogP contribution is 2.29. The SMILES string of the molecule is Cc1cc(N)c(-c2cccnc2)cc1N. The molecule has 1 aromatic heterocycles. The minimum atomic E-state index is 0.731. The van der Waals surface area contributed by atoms with Gasteiger partial charge in [0.25, 0.3) is 0 Å². The van der Waals surface area contributed by atoms with Crippen LogP contribution in [0.15, 0.2) is 36.7 Å². The molecule has 1 heterocycles. The van der Waals surface area contributed by atoms with E-state index < -0.39 is 0 Å². The lowest BCUT2D eigenvalue weighted by Gasteiger charge is -2.08. The van der Waals surface area contributed by atoms with Crippen molar-refractivity contribution in [2.24, 2.45) is 0 Å². The third-order valence-electron chi connectivity index (χ3n) is 2.41. The summed E-state index contributed by atoms with van der Waals surface area (Å²) in [6.07, 6.45) is 3.51. The van der Waals surface area contributed by atoms with Gasteiger partial charge in [0.15, 0.2) is 0 Å². The summed E-state index contributed by atoms with van der Waals surface area (Å²) in [6.45, 7) is 1.94. The molecule has 0 aliphatic heterocycles. The highest BCUT2D eigenvalue weighted by molar-refractivity contribution is 5.80. The van der Waals surface area contributed by atoms with Crippen LogP contribution < -0.4 is 11.5 Å². The monoisotopic (exact) mass is 199 g/mol. The number of hydrogen-bond acceptors (Lipinski definition) is 3. The fourth-order valence-corrected chi connectivity index (χ4v) is 1.52. The van der Waals surface area contributed by atoms with E-state index in [2.05, 4.69) is 4.98 Å². The third kappa shape index (κ3) is 1.76. The second-order valence-corrected chi connectivity index (χ2v) is 3.54. The lowest BCUT2D eigenvalue weighted by atomic mass is 10.0. The molecular weight excluding hydrogens is 186 g/mol. The van der Waals surface area contributed by atoms with Gasteiger partial charge in [-0.1, -0.05) is 6.07 Å². The van der Waals surface area contributed by atoms with Crippen LogP contribution >= 0.6 is 0 Å². The Kier molecular flexibility index (Phi) is 2.29. The number of rotatable bonds is 1. The van der Waals surface area contributed by atoms with Crippen LogP contribution in [0, 0.1) is 6.92 Å². The van der Waals surface area contributed by atoms with Gasteiger partial charge in [-0.3, -0.25) is 4.98 Å². The van der Waals surface area contributed by atoms with Gasteiger partial charge in [0.1, 0.15) is 0 Å². The molecule has 3 nitrogen and oxygen atoms in total. The van der Waals surface area contributed by atoms with Gasteiger partial charge in [0, 0.05) is 34.9 Å². The normalized spacial score (nSPS) is 10.2. The Morgan fingerprint density at radius 1 is 1.13 bits per heavy atom. The van der Waals surface area contributed by atoms with Gasteiger partial charge in [0.05, 0.1) is 0 Å². The van der Waals surface area contributed by atoms with Crippen molar-refractivity contribution in [1.29, 1.82) is 0 Å². The van der Waals surface area contributed by atoms with Crippen molar-refractivity contribution in [1.82, 2.24) is 4.98 Å². The molecule has 0 amide bonds. The van der Waals surface area contributed by atoms with Crippen LogP contribution in [0.2, 0.25) is 0 Å². The van der Waals surface area contributed by atoms with Crippen LogP contribution in [-0.4, -0.2) is 4.98 Å². The maximum atomic E-state index is 5.94. The molecule has 4 N–H and O–H groups in total. The van der Waals surface area contributed by atoms with Gasteiger partial charge >= 0.3 is 0 Å². The lowest BCUT2D eigenvalue weighted by molar-refractivity contribution is 1.33. The number of pyridine rings is 1. The molecule has 0 bridgehead atoms. The van der Waals surface area contributed by atoms with Crippen molar-refractivity contribution in [3.8, 4) is 11.1 Å². The lowest BCUT2D eigenvalue weighted by Crippen LogP contribution is -1.96. The first-order valence-electron chi connectivity index (χ1n) is 4.74. The first-order valence-corrected chi connectivity index (χ1v) is 4.74. The van der Waals surface area contributed by atoms with E-state index in [1.54, 1.807) is 12.4 Å². The van der Waals surface area contributed by atoms with Crippen LogP contribution in [0.1, 0.15) is 5.56 Å². The van der Waals surface area contributed by atoms with Gasteiger partial charge in [-0.05, 0) is 30.7 Å². The summed E-state index contributed by atoms with van der Waals surface area (Å²) in [4.78, 5) is 4.06. The Morgan fingerprint density at radius 2 is 1.93 bits per heavy atom. The van der Waals surface area contributed by atoms with Gasteiger partial charge < -0.3 is 11.5 Å². The van der Waals surface area contributed by atoms with E-state index >= 15 is 0 Å². The molecule has 0 radical (unpaired) electrons. The number of nitrogen functional groups attached to an aromatic ring is 2. The van der Waals surface area contributed by atoms with Crippen molar-refractivity contribution < 1.29 is 0 Å². The molecule has 0 saturated carbocycles. The van der Waals surface area contributed by atoms with Crippen molar-refractivity contribution in [2.45, 2.75) is 6.92 Å². The Hall–Kier alpha value is -2.03. The van der Waals surface area contributed by atoms with E-state index in [0.717, 1.165) is 28.1 Å². The molecule has 0 atom stereocenters. The van der Waals surface area contributed by atoms with Crippen LogP contribution in [0.5, 0.6) is 0 Å². The molecular formula is C12H13N3. The number of anilines is 2. The molecule has 0 spiro atoms. The summed E-state index contributed by atoms with van der Waals surface area (Å²) in [7, 11) is 0. The fourth-order valence-electron chi connectivity index (χ4n) is 1.52. The molecule has 0 aliphatic carbocycles. The maximum absolute atomic E-state index is 5.94. The Morgan fingerprint density at radius 3 is 2.60 bits per heavy atom. The molecule has 0 unspecified atom stereocenters. The van der Waals surface area contributed by atoms with Gasteiger partial charge in [-0.25, -0.2) is 0 Å². The van der Waals surface area contributed by atoms with Crippen LogP contribution in [-0.2, 0) is 0 Å². The second kappa shape index (κ2) is 3.61. The average molecular weight is 199 g/mol. The quantitative estimate of drug-likeness (QED) is 0.692. The number of nitrogens with zero attached hydrogens (tertiary/aromatic N) is 1. The summed E-state index contributed by atoms with van der Waals surface area (Å²) in [6, 6.07) is 7.62. The van der Waals surface area contributed by atoms with Crippen LogP contribution in [0.25, 0.3) is 11.1 Å². The Balaban J connectivity index is 2.59. The number of aromatic nitrogens is 1. The highest BCUT2D eigenvalue weighted by Gasteiger charge is 2.05. The van der Waals surface area contributed by atoms with Crippen LogP contribution in [0.3, 0.4) is 0 Å². The van der Waals surface area contributed by atoms with E-state index in [0.29, 0.717) is 0 Å². The number of hydrogen-bond donors (Lipinski definition) is 2. The molecule has 1 aromatic carbocycles. The van der Waals surface area contributed by atoms with Gasteiger partial charge in [0.2, 0.25) is 0 Å². The standard InChI is InChI=1S/C12H13N3/c1-8-5-12(14)10(6-11(8)13)9-3-2-4-15-7-9/h2-7H,13-14H2,1H3. The maximum Gasteiger partial charge on any atom is 0.0398 e. The molecule has 76 valence electrons. The molecule has 0 saturated heterocycles. The zero-order valence-electron chi connectivity index (χ0n) is 8.57. The first-order chi connectivity index (χ1) is 7.18. The van der Waals surface area contributed by atoms with Gasteiger partial charge in [-0.15, -0.1) is 0 Å². The van der Waals surface area contributed by atoms with E-state index in [1.807, 2.05) is 31.2 Å². The van der Waals surface area contributed by atoms with Crippen molar-refractivity contribution in [3.63, 3.8) is 0 Å². The smallest absolute Gasteiger partial charge is 0.0398 e. The third-order valence-corrected chi connectivity index (χ3v) is 2.41. The highest BCUT2D eigenvalue weighted by atomic mass is 14.6. The van der Waals surface area contributed by atoms with Crippen molar-refractivity contribution in [2.75, 3.05) is 11.5 Å².